The Morgan fingerprint density at radius 1 is 0.923 bits per heavy atom. The van der Waals surface area contributed by atoms with Gasteiger partial charge in [0.2, 0.25) is 17.7 Å². The smallest absolute Gasteiger partial charge is 0.246 e. The Hall–Kier alpha value is -2.71. The van der Waals surface area contributed by atoms with Gasteiger partial charge in [-0.2, -0.15) is 0 Å². The minimum Gasteiger partial charge on any atom is -0.386 e. The highest BCUT2D eigenvalue weighted by molar-refractivity contribution is 5.93. The lowest BCUT2D eigenvalue weighted by molar-refractivity contribution is -0.134. The minimum absolute atomic E-state index is 0.0160. The van der Waals surface area contributed by atoms with Crippen molar-refractivity contribution in [2.75, 3.05) is 6.54 Å². The molecule has 5 atom stereocenters. The van der Waals surface area contributed by atoms with Crippen molar-refractivity contribution in [2.24, 2.45) is 11.8 Å². The van der Waals surface area contributed by atoms with Gasteiger partial charge in [-0.15, -0.1) is 0 Å². The summed E-state index contributed by atoms with van der Waals surface area (Å²) in [4.78, 5) is 41.8. The van der Waals surface area contributed by atoms with Gasteiger partial charge in [0.05, 0.1) is 24.2 Å². The Morgan fingerprint density at radius 2 is 1.56 bits per heavy atom. The van der Waals surface area contributed by atoms with Crippen molar-refractivity contribution in [3.63, 3.8) is 0 Å². The van der Waals surface area contributed by atoms with E-state index >= 15 is 0 Å². The molecular formula is C31H50N4O4. The number of piperidine rings is 1. The fourth-order valence-corrected chi connectivity index (χ4v) is 4.98. The van der Waals surface area contributed by atoms with Crippen LogP contribution in [0.1, 0.15) is 86.3 Å². The van der Waals surface area contributed by atoms with Crippen molar-refractivity contribution < 1.29 is 19.5 Å². The van der Waals surface area contributed by atoms with Gasteiger partial charge in [-0.3, -0.25) is 19.3 Å². The Labute approximate surface area is 235 Å². The van der Waals surface area contributed by atoms with E-state index in [1.165, 1.54) is 0 Å². The van der Waals surface area contributed by atoms with E-state index in [1.54, 1.807) is 19.9 Å². The highest BCUT2D eigenvalue weighted by Crippen LogP contribution is 2.21. The highest BCUT2D eigenvalue weighted by Gasteiger charge is 2.34. The van der Waals surface area contributed by atoms with Crippen molar-refractivity contribution in [3.05, 3.63) is 47.5 Å². The number of hydrogen-bond donors (Lipinski definition) is 4. The van der Waals surface area contributed by atoms with Crippen LogP contribution in [0.5, 0.6) is 0 Å². The molecule has 3 amide bonds. The van der Waals surface area contributed by atoms with E-state index in [9.17, 15) is 19.5 Å². The van der Waals surface area contributed by atoms with Gasteiger partial charge in [0.15, 0.2) is 0 Å². The number of carbonyl (C=O) groups excluding carboxylic acids is 3. The second kappa shape index (κ2) is 15.2. The molecule has 0 spiro atoms. The summed E-state index contributed by atoms with van der Waals surface area (Å²) in [5.74, 6) is -0.761. The molecule has 1 aromatic carbocycles. The molecule has 1 heterocycles. The summed E-state index contributed by atoms with van der Waals surface area (Å²) in [6.07, 6.45) is 3.78. The molecule has 8 nitrogen and oxygen atoms in total. The van der Waals surface area contributed by atoms with E-state index in [2.05, 4.69) is 34.7 Å². The number of benzene rings is 1. The van der Waals surface area contributed by atoms with Crippen molar-refractivity contribution in [3.8, 4) is 0 Å². The minimum atomic E-state index is -0.838. The number of nitrogens with one attached hydrogen (secondary N) is 3. The number of amides is 3. The van der Waals surface area contributed by atoms with Crippen LogP contribution >= 0.6 is 0 Å². The van der Waals surface area contributed by atoms with Crippen LogP contribution < -0.4 is 16.0 Å². The van der Waals surface area contributed by atoms with Gasteiger partial charge in [0.1, 0.15) is 6.04 Å². The average molecular weight is 543 g/mol. The van der Waals surface area contributed by atoms with Crippen LogP contribution in [0.3, 0.4) is 0 Å². The first-order valence-corrected chi connectivity index (χ1v) is 14.4. The molecule has 1 aliphatic heterocycles. The summed E-state index contributed by atoms with van der Waals surface area (Å²) in [7, 11) is 0. The fraction of sp³-hybridized carbons (Fsp3) is 0.645. The molecule has 1 fully saturated rings. The Kier molecular flexibility index (Phi) is 12.6. The maximum absolute atomic E-state index is 13.4. The molecular weight excluding hydrogens is 492 g/mol. The predicted octanol–water partition coefficient (Wildman–Crippen LogP) is 3.72. The lowest BCUT2D eigenvalue weighted by atomic mass is 9.96. The molecule has 218 valence electrons. The van der Waals surface area contributed by atoms with E-state index in [0.29, 0.717) is 5.57 Å². The van der Waals surface area contributed by atoms with Crippen LogP contribution in [0, 0.1) is 11.8 Å². The number of aliphatic hydroxyl groups excluding tert-OH is 1. The summed E-state index contributed by atoms with van der Waals surface area (Å²) in [5, 5.41) is 19.5. The molecule has 5 unspecified atom stereocenters. The molecule has 0 aromatic heterocycles. The summed E-state index contributed by atoms with van der Waals surface area (Å²) in [5.41, 5.74) is 1.17. The topological polar surface area (TPSA) is 111 Å². The zero-order valence-corrected chi connectivity index (χ0v) is 25.0. The molecule has 1 aromatic rings. The van der Waals surface area contributed by atoms with E-state index in [0.717, 1.165) is 31.4 Å². The number of rotatable bonds is 12. The van der Waals surface area contributed by atoms with Gasteiger partial charge in [-0.05, 0) is 64.5 Å². The molecule has 0 bridgehead atoms. The molecule has 39 heavy (non-hydrogen) atoms. The number of aliphatic hydroxyl groups is 1. The van der Waals surface area contributed by atoms with Gasteiger partial charge < -0.3 is 21.1 Å². The monoisotopic (exact) mass is 542 g/mol. The van der Waals surface area contributed by atoms with Crippen molar-refractivity contribution in [1.29, 1.82) is 0 Å². The first-order valence-electron chi connectivity index (χ1n) is 14.4. The maximum atomic E-state index is 13.4. The Balaban J connectivity index is 2.08. The van der Waals surface area contributed by atoms with Crippen LogP contribution in [-0.4, -0.2) is 64.5 Å². The fourth-order valence-electron chi connectivity index (χ4n) is 4.98. The zero-order chi connectivity index (χ0) is 29.3. The number of nitrogens with zero attached hydrogens (tertiary/aromatic N) is 1. The first-order chi connectivity index (χ1) is 18.3. The van der Waals surface area contributed by atoms with Gasteiger partial charge in [0, 0.05) is 11.6 Å². The van der Waals surface area contributed by atoms with E-state index < -0.39 is 24.2 Å². The Morgan fingerprint density at radius 3 is 2.13 bits per heavy atom. The van der Waals surface area contributed by atoms with Gasteiger partial charge in [-0.25, -0.2) is 0 Å². The molecule has 1 saturated heterocycles. The lowest BCUT2D eigenvalue weighted by Crippen LogP contribution is -2.58. The first kappa shape index (κ1) is 32.5. The second-order valence-corrected chi connectivity index (χ2v) is 11.8. The van der Waals surface area contributed by atoms with Crippen molar-refractivity contribution in [1.82, 2.24) is 20.9 Å². The molecule has 8 heteroatoms. The van der Waals surface area contributed by atoms with E-state index in [4.69, 9.17) is 0 Å². The standard InChI is InChI=1S/C31H50N4O4/c1-19(2)25(18-22(7)29(37)32-23(8)28(36)24-14-10-9-11-15-24)33-31(39)27(20(3)4)34-30(38)26-16-12-13-17-35(26)21(5)6/h9-11,14-15,18-21,23,25-28,36H,12-13,16-17H2,1-8H3,(H,32,37)(H,33,39)(H,34,38)/b22-18+. The molecule has 4 N–H and O–H groups in total. The van der Waals surface area contributed by atoms with Gasteiger partial charge >= 0.3 is 0 Å². The van der Waals surface area contributed by atoms with E-state index in [-0.39, 0.29) is 41.6 Å². The summed E-state index contributed by atoms with van der Waals surface area (Å²) >= 11 is 0. The predicted molar refractivity (Wildman–Crippen MR) is 156 cm³/mol. The average Bonchev–Trinajstić information content (AvgIpc) is 2.90. The van der Waals surface area contributed by atoms with Crippen LogP contribution in [0.25, 0.3) is 0 Å². The van der Waals surface area contributed by atoms with Gasteiger partial charge in [0.25, 0.3) is 0 Å². The van der Waals surface area contributed by atoms with E-state index in [1.807, 2.05) is 58.0 Å². The number of carbonyl (C=O) groups is 3. The third-order valence-corrected chi connectivity index (χ3v) is 7.55. The van der Waals surface area contributed by atoms with Crippen molar-refractivity contribution >= 4 is 17.7 Å². The number of likely N-dealkylation sites (tertiary alicyclic amines) is 1. The highest BCUT2D eigenvalue weighted by atomic mass is 16.3. The van der Waals surface area contributed by atoms with Crippen molar-refractivity contribution in [2.45, 2.75) is 111 Å². The molecule has 0 saturated carbocycles. The molecule has 0 radical (unpaired) electrons. The summed E-state index contributed by atoms with van der Waals surface area (Å²) in [6.45, 7) is 16.3. The SMILES string of the molecule is C/C(=C\C(NC(=O)C(NC(=O)C1CCCCN1C(C)C)C(C)C)C(C)C)C(=O)NC(C)C(O)c1ccccc1. The quantitative estimate of drug-likeness (QED) is 0.301. The third kappa shape index (κ3) is 9.46. The largest absolute Gasteiger partial charge is 0.386 e. The second-order valence-electron chi connectivity index (χ2n) is 11.8. The zero-order valence-electron chi connectivity index (χ0n) is 25.0. The summed E-state index contributed by atoms with van der Waals surface area (Å²) < 4.78 is 0. The third-order valence-electron chi connectivity index (χ3n) is 7.55. The van der Waals surface area contributed by atoms with Crippen LogP contribution in [-0.2, 0) is 14.4 Å². The van der Waals surface area contributed by atoms with Crippen LogP contribution in [0.2, 0.25) is 0 Å². The molecule has 2 rings (SSSR count). The van der Waals surface area contributed by atoms with Gasteiger partial charge in [-0.1, -0.05) is 70.5 Å². The normalized spacial score (nSPS) is 19.9. The Bertz CT molecular complexity index is 976. The van der Waals surface area contributed by atoms with Crippen LogP contribution in [0.4, 0.5) is 0 Å². The number of hydrogen-bond acceptors (Lipinski definition) is 5. The van der Waals surface area contributed by atoms with Crippen LogP contribution in [0.15, 0.2) is 42.0 Å². The summed E-state index contributed by atoms with van der Waals surface area (Å²) in [6, 6.07) is 7.64. The molecule has 1 aliphatic rings. The lowest BCUT2D eigenvalue weighted by Gasteiger charge is -2.38. The maximum Gasteiger partial charge on any atom is 0.246 e. The molecule has 0 aliphatic carbocycles.